The first kappa shape index (κ1) is 12.6. The van der Waals surface area contributed by atoms with Gasteiger partial charge < -0.3 is 10.3 Å². The molecule has 1 atom stereocenters. The van der Waals surface area contributed by atoms with E-state index in [2.05, 4.69) is 22.2 Å². The number of fused-ring (bicyclic) bond motifs is 1. The minimum absolute atomic E-state index is 0. The van der Waals surface area contributed by atoms with Crippen molar-refractivity contribution in [2.75, 3.05) is 6.54 Å². The fraction of sp³-hybridized carbons (Fsp3) is 0.231. The molecule has 2 aromatic heterocycles. The molecule has 0 aromatic carbocycles. The first-order valence-corrected chi connectivity index (χ1v) is 5.67. The topological polar surface area (TPSA) is 57.8 Å². The van der Waals surface area contributed by atoms with Crippen molar-refractivity contribution in [3.8, 4) is 11.3 Å². The maximum atomic E-state index is 11.7. The van der Waals surface area contributed by atoms with Gasteiger partial charge in [-0.15, -0.1) is 12.4 Å². The molecule has 0 unspecified atom stereocenters. The lowest BCUT2D eigenvalue weighted by molar-refractivity contribution is 0.0941. The molecule has 2 N–H and O–H groups in total. The number of nitrogens with one attached hydrogen (secondary N) is 2. The third-order valence-electron chi connectivity index (χ3n) is 3.15. The fourth-order valence-corrected chi connectivity index (χ4v) is 2.18. The summed E-state index contributed by atoms with van der Waals surface area (Å²) >= 11 is 0. The Bertz CT molecular complexity index is 565. The van der Waals surface area contributed by atoms with Crippen LogP contribution in [0.3, 0.4) is 0 Å². The number of pyridine rings is 1. The van der Waals surface area contributed by atoms with E-state index < -0.39 is 0 Å². The molecule has 0 saturated heterocycles. The van der Waals surface area contributed by atoms with E-state index in [0.29, 0.717) is 12.5 Å². The van der Waals surface area contributed by atoms with Crippen molar-refractivity contribution in [1.82, 2.24) is 15.3 Å². The van der Waals surface area contributed by atoms with Crippen molar-refractivity contribution < 1.29 is 4.79 Å². The number of carbonyl (C=O) groups excluding carboxylic acids is 1. The SMILES string of the molecule is C[C@H]1CNC(=O)c2cc(-c3ccncc3)[nH]c21.Cl. The molecule has 0 saturated carbocycles. The second kappa shape index (κ2) is 4.82. The van der Waals surface area contributed by atoms with Gasteiger partial charge >= 0.3 is 0 Å². The number of hydrogen-bond donors (Lipinski definition) is 2. The highest BCUT2D eigenvalue weighted by Crippen LogP contribution is 2.28. The molecule has 4 nitrogen and oxygen atoms in total. The van der Waals surface area contributed by atoms with Gasteiger partial charge in [0.25, 0.3) is 5.91 Å². The Labute approximate surface area is 111 Å². The number of aromatic amines is 1. The molecule has 0 fully saturated rings. The highest BCUT2D eigenvalue weighted by atomic mass is 35.5. The lowest BCUT2D eigenvalue weighted by Crippen LogP contribution is -2.33. The van der Waals surface area contributed by atoms with Crippen LogP contribution in [-0.4, -0.2) is 22.4 Å². The Morgan fingerprint density at radius 3 is 2.72 bits per heavy atom. The zero-order chi connectivity index (χ0) is 11.8. The molecule has 94 valence electrons. The number of rotatable bonds is 1. The monoisotopic (exact) mass is 263 g/mol. The number of hydrogen-bond acceptors (Lipinski definition) is 2. The second-order valence-electron chi connectivity index (χ2n) is 4.36. The third kappa shape index (κ3) is 1.99. The summed E-state index contributed by atoms with van der Waals surface area (Å²) in [6.07, 6.45) is 3.50. The molecule has 2 aromatic rings. The molecule has 3 heterocycles. The van der Waals surface area contributed by atoms with E-state index in [9.17, 15) is 4.79 Å². The predicted molar refractivity (Wildman–Crippen MR) is 72.0 cm³/mol. The van der Waals surface area contributed by atoms with E-state index in [4.69, 9.17) is 0 Å². The van der Waals surface area contributed by atoms with Gasteiger partial charge in [0.05, 0.1) is 5.56 Å². The van der Waals surface area contributed by atoms with Gasteiger partial charge in [-0.2, -0.15) is 0 Å². The zero-order valence-electron chi connectivity index (χ0n) is 9.93. The summed E-state index contributed by atoms with van der Waals surface area (Å²) < 4.78 is 0. The lowest BCUT2D eigenvalue weighted by atomic mass is 10.00. The summed E-state index contributed by atoms with van der Waals surface area (Å²) in [5.74, 6) is 0.341. The Kier molecular flexibility index (Phi) is 3.39. The van der Waals surface area contributed by atoms with Crippen LogP contribution in [0.25, 0.3) is 11.3 Å². The first-order chi connectivity index (χ1) is 8.25. The highest BCUT2D eigenvalue weighted by Gasteiger charge is 2.24. The van der Waals surface area contributed by atoms with Gasteiger partial charge in [0.1, 0.15) is 0 Å². The van der Waals surface area contributed by atoms with Gasteiger partial charge in [0.15, 0.2) is 0 Å². The first-order valence-electron chi connectivity index (χ1n) is 5.67. The quantitative estimate of drug-likeness (QED) is 0.830. The van der Waals surface area contributed by atoms with E-state index in [0.717, 1.165) is 22.5 Å². The van der Waals surface area contributed by atoms with Gasteiger partial charge in [0, 0.05) is 41.8 Å². The Balaban J connectivity index is 0.00000120. The summed E-state index contributed by atoms with van der Waals surface area (Å²) in [7, 11) is 0. The molecule has 0 spiro atoms. The van der Waals surface area contributed by atoms with Crippen molar-refractivity contribution in [3.05, 3.63) is 41.9 Å². The summed E-state index contributed by atoms with van der Waals surface area (Å²) in [5.41, 5.74) is 3.81. The van der Waals surface area contributed by atoms with E-state index in [1.54, 1.807) is 12.4 Å². The predicted octanol–water partition coefficient (Wildman–Crippen LogP) is 2.35. The van der Waals surface area contributed by atoms with Gasteiger partial charge in [-0.3, -0.25) is 9.78 Å². The Hall–Kier alpha value is -1.81. The molecular weight excluding hydrogens is 250 g/mol. The Morgan fingerprint density at radius 2 is 2.06 bits per heavy atom. The van der Waals surface area contributed by atoms with Crippen molar-refractivity contribution in [2.24, 2.45) is 0 Å². The summed E-state index contributed by atoms with van der Waals surface area (Å²) in [6, 6.07) is 5.77. The summed E-state index contributed by atoms with van der Waals surface area (Å²) in [6.45, 7) is 2.80. The van der Waals surface area contributed by atoms with E-state index in [-0.39, 0.29) is 18.3 Å². The van der Waals surface area contributed by atoms with Crippen LogP contribution in [0.5, 0.6) is 0 Å². The minimum atomic E-state index is 0. The molecular formula is C13H14ClN3O. The van der Waals surface area contributed by atoms with Crippen molar-refractivity contribution in [1.29, 1.82) is 0 Å². The normalized spacial score (nSPS) is 17.6. The smallest absolute Gasteiger partial charge is 0.253 e. The number of halogens is 1. The van der Waals surface area contributed by atoms with Crippen molar-refractivity contribution in [3.63, 3.8) is 0 Å². The lowest BCUT2D eigenvalue weighted by Gasteiger charge is -2.18. The third-order valence-corrected chi connectivity index (χ3v) is 3.15. The molecule has 1 aliphatic heterocycles. The average Bonchev–Trinajstić information content (AvgIpc) is 2.81. The van der Waals surface area contributed by atoms with Gasteiger partial charge in [-0.25, -0.2) is 0 Å². The van der Waals surface area contributed by atoms with Gasteiger partial charge in [0.2, 0.25) is 0 Å². The zero-order valence-corrected chi connectivity index (χ0v) is 10.8. The van der Waals surface area contributed by atoms with Crippen LogP contribution in [0.4, 0.5) is 0 Å². The number of nitrogens with zero attached hydrogens (tertiary/aromatic N) is 1. The number of aromatic nitrogens is 2. The molecule has 1 aliphatic rings. The maximum Gasteiger partial charge on any atom is 0.253 e. The van der Waals surface area contributed by atoms with Gasteiger partial charge in [-0.1, -0.05) is 6.92 Å². The van der Waals surface area contributed by atoms with E-state index >= 15 is 0 Å². The number of H-pyrrole nitrogens is 1. The standard InChI is InChI=1S/C13H13N3O.ClH/c1-8-7-15-13(17)10-6-11(16-12(8)10)9-2-4-14-5-3-9;/h2-6,8,16H,7H2,1H3,(H,15,17);1H/t8-;/m0./s1. The largest absolute Gasteiger partial charge is 0.357 e. The minimum Gasteiger partial charge on any atom is -0.357 e. The summed E-state index contributed by atoms with van der Waals surface area (Å²) in [4.78, 5) is 19.1. The summed E-state index contributed by atoms with van der Waals surface area (Å²) in [5, 5.41) is 2.88. The number of carbonyl (C=O) groups is 1. The van der Waals surface area contributed by atoms with E-state index in [1.807, 2.05) is 18.2 Å². The molecule has 0 aliphatic carbocycles. The molecule has 5 heteroatoms. The van der Waals surface area contributed by atoms with Crippen LogP contribution in [0.1, 0.15) is 28.9 Å². The fourth-order valence-electron chi connectivity index (χ4n) is 2.18. The van der Waals surface area contributed by atoms with Crippen molar-refractivity contribution in [2.45, 2.75) is 12.8 Å². The van der Waals surface area contributed by atoms with Gasteiger partial charge in [-0.05, 0) is 18.2 Å². The van der Waals surface area contributed by atoms with Crippen LogP contribution in [0.2, 0.25) is 0 Å². The van der Waals surface area contributed by atoms with Crippen LogP contribution in [0.15, 0.2) is 30.6 Å². The molecule has 1 amide bonds. The highest BCUT2D eigenvalue weighted by molar-refractivity contribution is 5.98. The number of amides is 1. The Morgan fingerprint density at radius 1 is 1.33 bits per heavy atom. The van der Waals surface area contributed by atoms with Crippen LogP contribution < -0.4 is 5.32 Å². The van der Waals surface area contributed by atoms with Crippen LogP contribution in [-0.2, 0) is 0 Å². The molecule has 18 heavy (non-hydrogen) atoms. The van der Waals surface area contributed by atoms with Crippen molar-refractivity contribution >= 4 is 18.3 Å². The maximum absolute atomic E-state index is 11.7. The molecule has 3 rings (SSSR count). The van der Waals surface area contributed by atoms with Crippen LogP contribution >= 0.6 is 12.4 Å². The van der Waals surface area contributed by atoms with E-state index in [1.165, 1.54) is 0 Å². The van der Waals surface area contributed by atoms with Crippen LogP contribution in [0, 0.1) is 0 Å². The second-order valence-corrected chi connectivity index (χ2v) is 4.36. The molecule has 0 bridgehead atoms. The average molecular weight is 264 g/mol. The molecule has 0 radical (unpaired) electrons.